The van der Waals surface area contributed by atoms with Gasteiger partial charge in [0.1, 0.15) is 10.5 Å². The fourth-order valence-electron chi connectivity index (χ4n) is 6.45. The van der Waals surface area contributed by atoms with E-state index in [-0.39, 0.29) is 29.7 Å². The average molecular weight is 599 g/mol. The monoisotopic (exact) mass is 598 g/mol. The van der Waals surface area contributed by atoms with Gasteiger partial charge in [-0.25, -0.2) is 9.31 Å². The standard InChI is InChI=1S/C31H38N10OS/c1-6-21-13-22-7-8-27(41(22)33-16-21)26-15-28(37(5)20(2)3)25(17-32-26)29-34-35-30(43-29)39-18-23-14-24(19-39)40(23)31(42)38-11-9-36(4)10-12-38/h1,7-8,13,15-17,20,23-24,30,35H,9-12,14,18-19H2,2-5H3. The number of fused-ring (bicyclic) bond motifs is 3. The Hall–Kier alpha value is -3.79. The molecule has 224 valence electrons. The number of nitrogens with one attached hydrogen (secondary N) is 1. The van der Waals surface area contributed by atoms with Crippen molar-refractivity contribution in [1.29, 1.82) is 0 Å². The predicted molar refractivity (Wildman–Crippen MR) is 171 cm³/mol. The van der Waals surface area contributed by atoms with Crippen molar-refractivity contribution in [2.24, 2.45) is 5.10 Å². The van der Waals surface area contributed by atoms with Crippen molar-refractivity contribution in [3.05, 3.63) is 47.8 Å². The van der Waals surface area contributed by atoms with Gasteiger partial charge in [-0.05, 0) is 51.6 Å². The number of hydrogen-bond acceptors (Lipinski definition) is 9. The SMILES string of the molecule is C#Cc1cnn2c(-c3cc(N(C)C(C)C)c(C4=NNC(N5CC6CC(C5)N6C(=O)N5CCN(C)CC5)S4)cn3)ccc2c1. The van der Waals surface area contributed by atoms with Crippen LogP contribution in [0.2, 0.25) is 0 Å². The van der Waals surface area contributed by atoms with Gasteiger partial charge in [-0.1, -0.05) is 17.7 Å². The summed E-state index contributed by atoms with van der Waals surface area (Å²) in [4.78, 5) is 29.3. The van der Waals surface area contributed by atoms with Crippen LogP contribution in [-0.4, -0.2) is 122 Å². The third-order valence-electron chi connectivity index (χ3n) is 9.24. The first kappa shape index (κ1) is 28.0. The number of terminal acetylenes is 1. The lowest BCUT2D eigenvalue weighted by Crippen LogP contribution is -2.73. The van der Waals surface area contributed by atoms with Gasteiger partial charge in [-0.3, -0.25) is 15.3 Å². The smallest absolute Gasteiger partial charge is 0.320 e. The zero-order valence-electron chi connectivity index (χ0n) is 25.1. The molecule has 3 unspecified atom stereocenters. The molecule has 0 saturated carbocycles. The second kappa shape index (κ2) is 11.0. The number of anilines is 1. The van der Waals surface area contributed by atoms with Gasteiger partial charge < -0.3 is 19.6 Å². The maximum absolute atomic E-state index is 13.3. The topological polar surface area (TPSA) is 87.8 Å². The van der Waals surface area contributed by atoms with E-state index in [4.69, 9.17) is 16.5 Å². The molecule has 0 spiro atoms. The molecule has 0 radical (unpaired) electrons. The number of aromatic nitrogens is 3. The van der Waals surface area contributed by atoms with E-state index in [0.29, 0.717) is 0 Å². The van der Waals surface area contributed by atoms with Crippen molar-refractivity contribution in [2.45, 2.75) is 43.9 Å². The molecule has 5 aliphatic heterocycles. The van der Waals surface area contributed by atoms with Crippen LogP contribution in [0.4, 0.5) is 10.5 Å². The molecule has 2 amide bonds. The highest BCUT2D eigenvalue weighted by atomic mass is 32.2. The normalized spacial score (nSPS) is 24.1. The van der Waals surface area contributed by atoms with Crippen LogP contribution >= 0.6 is 11.8 Å². The number of urea groups is 1. The van der Waals surface area contributed by atoms with E-state index in [0.717, 1.165) is 84.5 Å². The number of amides is 2. The van der Waals surface area contributed by atoms with Crippen LogP contribution in [-0.2, 0) is 0 Å². The first-order chi connectivity index (χ1) is 20.8. The van der Waals surface area contributed by atoms with Gasteiger partial charge in [-0.2, -0.15) is 10.2 Å². The maximum Gasteiger partial charge on any atom is 0.320 e. The number of carbonyl (C=O) groups excluding carboxylic acids is 1. The van der Waals surface area contributed by atoms with Crippen LogP contribution in [0.1, 0.15) is 31.4 Å². The highest BCUT2D eigenvalue weighted by Gasteiger charge is 2.50. The van der Waals surface area contributed by atoms with Crippen molar-refractivity contribution in [3.63, 3.8) is 0 Å². The molecule has 3 atom stereocenters. The van der Waals surface area contributed by atoms with Crippen molar-refractivity contribution in [1.82, 2.24) is 39.6 Å². The van der Waals surface area contributed by atoms with Gasteiger partial charge in [0.15, 0.2) is 0 Å². The Balaban J connectivity index is 1.07. The molecular formula is C31H38N10OS. The van der Waals surface area contributed by atoms with E-state index in [1.165, 1.54) is 0 Å². The van der Waals surface area contributed by atoms with Crippen molar-refractivity contribution >= 4 is 34.0 Å². The minimum Gasteiger partial charge on any atom is -0.371 e. The van der Waals surface area contributed by atoms with Crippen molar-refractivity contribution in [3.8, 4) is 23.7 Å². The summed E-state index contributed by atoms with van der Waals surface area (Å²) < 4.78 is 1.88. The lowest BCUT2D eigenvalue weighted by molar-refractivity contribution is -0.0540. The Bertz CT molecular complexity index is 1610. The summed E-state index contributed by atoms with van der Waals surface area (Å²) >= 11 is 1.73. The molecule has 0 aliphatic carbocycles. The summed E-state index contributed by atoms with van der Waals surface area (Å²) in [6.45, 7) is 9.59. The molecule has 4 fully saturated rings. The lowest BCUT2D eigenvalue weighted by Gasteiger charge is -2.58. The lowest BCUT2D eigenvalue weighted by atomic mass is 9.88. The van der Waals surface area contributed by atoms with Crippen LogP contribution in [0.3, 0.4) is 0 Å². The number of piperidine rings is 1. The zero-order chi connectivity index (χ0) is 29.8. The van der Waals surface area contributed by atoms with Gasteiger partial charge in [0, 0.05) is 76.2 Å². The van der Waals surface area contributed by atoms with Gasteiger partial charge >= 0.3 is 6.03 Å². The minimum atomic E-state index is 0.0298. The van der Waals surface area contributed by atoms with Crippen molar-refractivity contribution in [2.75, 3.05) is 58.3 Å². The first-order valence-corrected chi connectivity index (χ1v) is 15.9. The Morgan fingerprint density at radius 2 is 1.91 bits per heavy atom. The van der Waals surface area contributed by atoms with Gasteiger partial charge in [0.05, 0.1) is 34.4 Å². The Kier molecular flexibility index (Phi) is 7.19. The maximum atomic E-state index is 13.3. The molecule has 3 aromatic rings. The van der Waals surface area contributed by atoms with Crippen LogP contribution < -0.4 is 10.3 Å². The summed E-state index contributed by atoms with van der Waals surface area (Å²) in [6, 6.07) is 9.15. The zero-order valence-corrected chi connectivity index (χ0v) is 26.0. The van der Waals surface area contributed by atoms with Crippen LogP contribution in [0.25, 0.3) is 16.9 Å². The van der Waals surface area contributed by atoms with E-state index in [9.17, 15) is 4.79 Å². The number of thioether (sulfide) groups is 1. The molecule has 4 saturated heterocycles. The van der Waals surface area contributed by atoms with E-state index in [1.807, 2.05) is 33.8 Å². The van der Waals surface area contributed by atoms with Crippen molar-refractivity contribution < 1.29 is 4.79 Å². The molecule has 5 aliphatic rings. The number of hydrazone groups is 1. The largest absolute Gasteiger partial charge is 0.371 e. The van der Waals surface area contributed by atoms with Crippen LogP contribution in [0, 0.1) is 12.3 Å². The van der Waals surface area contributed by atoms with Gasteiger partial charge in [-0.15, -0.1) is 6.42 Å². The number of pyridine rings is 1. The third kappa shape index (κ3) is 4.99. The summed E-state index contributed by atoms with van der Waals surface area (Å²) in [6.07, 6.45) is 10.3. The number of rotatable bonds is 5. The van der Waals surface area contributed by atoms with Crippen LogP contribution in [0.5, 0.6) is 0 Å². The molecule has 12 heteroatoms. The van der Waals surface area contributed by atoms with E-state index >= 15 is 0 Å². The van der Waals surface area contributed by atoms with E-state index < -0.39 is 0 Å². The Morgan fingerprint density at radius 3 is 2.63 bits per heavy atom. The molecule has 43 heavy (non-hydrogen) atoms. The quantitative estimate of drug-likeness (QED) is 0.449. The number of nitrogens with zero attached hydrogens (tertiary/aromatic N) is 9. The molecule has 8 rings (SSSR count). The Labute approximate surface area is 256 Å². The van der Waals surface area contributed by atoms with Gasteiger partial charge in [0.25, 0.3) is 0 Å². The second-order valence-electron chi connectivity index (χ2n) is 12.2. The Morgan fingerprint density at radius 1 is 1.14 bits per heavy atom. The summed E-state index contributed by atoms with van der Waals surface area (Å²) in [5.41, 5.74) is 8.90. The minimum absolute atomic E-state index is 0.0298. The molecule has 2 bridgehead atoms. The fraction of sp³-hybridized carbons (Fsp3) is 0.484. The number of piperazine rings is 2. The molecular weight excluding hydrogens is 560 g/mol. The molecule has 0 aromatic carbocycles. The number of hydrogen-bond donors (Lipinski definition) is 1. The summed E-state index contributed by atoms with van der Waals surface area (Å²) in [5, 5.41) is 10.3. The second-order valence-corrected chi connectivity index (χ2v) is 13.3. The number of carbonyl (C=O) groups is 1. The third-order valence-corrected chi connectivity index (χ3v) is 10.4. The molecule has 8 heterocycles. The van der Waals surface area contributed by atoms with E-state index in [2.05, 4.69) is 70.1 Å². The highest BCUT2D eigenvalue weighted by molar-refractivity contribution is 8.15. The van der Waals surface area contributed by atoms with Crippen LogP contribution in [0.15, 0.2) is 41.8 Å². The highest BCUT2D eigenvalue weighted by Crippen LogP contribution is 2.38. The molecule has 1 N–H and O–H groups in total. The first-order valence-electron chi connectivity index (χ1n) is 15.0. The average Bonchev–Trinajstić information content (AvgIpc) is 3.68. The molecule has 11 nitrogen and oxygen atoms in total. The fourth-order valence-corrected chi connectivity index (χ4v) is 7.48. The number of likely N-dealkylation sites (N-methyl/N-ethyl adjacent to an activating group) is 1. The van der Waals surface area contributed by atoms with E-state index in [1.54, 1.807) is 18.0 Å². The summed E-state index contributed by atoms with van der Waals surface area (Å²) in [5.74, 6) is 2.65. The predicted octanol–water partition coefficient (Wildman–Crippen LogP) is 2.63. The van der Waals surface area contributed by atoms with Gasteiger partial charge in [0.2, 0.25) is 0 Å². The summed E-state index contributed by atoms with van der Waals surface area (Å²) in [7, 11) is 4.23. The molecule has 3 aromatic heterocycles.